The number of aliphatic carboxylic acids is 1. The summed E-state index contributed by atoms with van der Waals surface area (Å²) in [7, 11) is 3.00. The van der Waals surface area contributed by atoms with E-state index in [0.29, 0.717) is 54.5 Å². The molecule has 3 aromatic rings. The molecule has 0 radical (unpaired) electrons. The maximum Gasteiger partial charge on any atom is 0.305 e. The van der Waals surface area contributed by atoms with Crippen molar-refractivity contribution < 1.29 is 33.9 Å². The first-order valence-electron chi connectivity index (χ1n) is 13.2. The predicted molar refractivity (Wildman–Crippen MR) is 154 cm³/mol. The van der Waals surface area contributed by atoms with Gasteiger partial charge in [0.15, 0.2) is 11.5 Å². The molecular weight excluding hydrogens is 544 g/mol. The van der Waals surface area contributed by atoms with Crippen molar-refractivity contribution in [2.24, 2.45) is 0 Å². The van der Waals surface area contributed by atoms with Gasteiger partial charge in [-0.3, -0.25) is 24.5 Å². The summed E-state index contributed by atoms with van der Waals surface area (Å²) in [6, 6.07) is 15.4. The lowest BCUT2D eigenvalue weighted by Crippen LogP contribution is -2.49. The topological polar surface area (TPSA) is 152 Å². The highest BCUT2D eigenvalue weighted by molar-refractivity contribution is 5.97. The van der Waals surface area contributed by atoms with Gasteiger partial charge in [-0.15, -0.1) is 0 Å². The second-order valence-corrected chi connectivity index (χ2v) is 9.84. The van der Waals surface area contributed by atoms with E-state index in [1.165, 1.54) is 32.4 Å². The molecule has 0 bridgehead atoms. The summed E-state index contributed by atoms with van der Waals surface area (Å²) >= 11 is 0. The van der Waals surface area contributed by atoms with E-state index in [4.69, 9.17) is 9.47 Å². The summed E-state index contributed by atoms with van der Waals surface area (Å²) in [6.07, 6.45) is -0.346. The molecule has 220 valence electrons. The molecule has 0 saturated carbocycles. The van der Waals surface area contributed by atoms with E-state index in [0.717, 1.165) is 5.56 Å². The molecule has 1 unspecified atom stereocenters. The van der Waals surface area contributed by atoms with Gasteiger partial charge >= 0.3 is 5.97 Å². The monoisotopic (exact) mass is 576 g/mol. The van der Waals surface area contributed by atoms with Crippen LogP contribution in [0, 0.1) is 17.0 Å². The highest BCUT2D eigenvalue weighted by Crippen LogP contribution is 2.32. The molecule has 12 nitrogen and oxygen atoms in total. The Hall–Kier alpha value is -5.13. The molecule has 2 N–H and O–H groups in total. The van der Waals surface area contributed by atoms with Gasteiger partial charge in [-0.05, 0) is 42.8 Å². The van der Waals surface area contributed by atoms with E-state index in [-0.39, 0.29) is 23.6 Å². The van der Waals surface area contributed by atoms with Gasteiger partial charge in [0.05, 0.1) is 31.6 Å². The van der Waals surface area contributed by atoms with Gasteiger partial charge in [0.1, 0.15) is 5.69 Å². The summed E-state index contributed by atoms with van der Waals surface area (Å²) in [5, 5.41) is 24.1. The van der Waals surface area contributed by atoms with E-state index in [1.54, 1.807) is 40.1 Å². The van der Waals surface area contributed by atoms with Crippen molar-refractivity contribution >= 4 is 29.2 Å². The first-order chi connectivity index (χ1) is 20.1. The number of hydrogen-bond acceptors (Lipinski definition) is 8. The van der Waals surface area contributed by atoms with Crippen LogP contribution in [0.15, 0.2) is 60.7 Å². The molecule has 1 heterocycles. The minimum absolute atomic E-state index is 0.0372. The lowest BCUT2D eigenvalue weighted by atomic mass is 10.0. The highest BCUT2D eigenvalue weighted by atomic mass is 16.6. The number of nitrogens with one attached hydrogen (secondary N) is 1. The van der Waals surface area contributed by atoms with Crippen LogP contribution in [-0.4, -0.2) is 73.1 Å². The van der Waals surface area contributed by atoms with Crippen LogP contribution in [0.2, 0.25) is 0 Å². The molecule has 0 spiro atoms. The molecule has 2 amide bonds. The molecular formula is C30H32N4O8. The van der Waals surface area contributed by atoms with Crippen molar-refractivity contribution in [3.63, 3.8) is 0 Å². The van der Waals surface area contributed by atoms with Crippen molar-refractivity contribution in [3.8, 4) is 11.5 Å². The fourth-order valence-electron chi connectivity index (χ4n) is 4.85. The number of carbonyl (C=O) groups is 3. The minimum atomic E-state index is -1.09. The van der Waals surface area contributed by atoms with Crippen molar-refractivity contribution in [3.05, 3.63) is 93.0 Å². The number of methoxy groups -OCH3 is 2. The smallest absolute Gasteiger partial charge is 0.305 e. The van der Waals surface area contributed by atoms with E-state index in [2.05, 4.69) is 5.32 Å². The van der Waals surface area contributed by atoms with Crippen LogP contribution in [-0.2, 0) is 4.79 Å². The maximum atomic E-state index is 13.1. The third kappa shape index (κ3) is 6.77. The average Bonchev–Trinajstić information content (AvgIpc) is 2.99. The molecule has 42 heavy (non-hydrogen) atoms. The largest absolute Gasteiger partial charge is 0.493 e. The van der Waals surface area contributed by atoms with Gasteiger partial charge in [0.2, 0.25) is 0 Å². The number of nitro groups is 1. The molecule has 1 aliphatic heterocycles. The van der Waals surface area contributed by atoms with E-state index in [1.807, 2.05) is 19.1 Å². The Morgan fingerprint density at radius 3 is 2.17 bits per heavy atom. The molecule has 1 aliphatic rings. The van der Waals surface area contributed by atoms with Crippen LogP contribution in [0.5, 0.6) is 11.5 Å². The molecule has 1 atom stereocenters. The van der Waals surface area contributed by atoms with Gasteiger partial charge in [0.25, 0.3) is 17.5 Å². The second-order valence-electron chi connectivity index (χ2n) is 9.84. The van der Waals surface area contributed by atoms with Crippen molar-refractivity contribution in [2.45, 2.75) is 19.4 Å². The van der Waals surface area contributed by atoms with E-state index in [9.17, 15) is 29.6 Å². The number of carbonyl (C=O) groups excluding carboxylic acids is 2. The fraction of sp³-hybridized carbons (Fsp3) is 0.300. The normalized spacial score (nSPS) is 13.7. The number of hydrogen-bond donors (Lipinski definition) is 2. The second kappa shape index (κ2) is 13.0. The van der Waals surface area contributed by atoms with Crippen LogP contribution >= 0.6 is 0 Å². The van der Waals surface area contributed by atoms with Crippen LogP contribution in [0.3, 0.4) is 0 Å². The van der Waals surface area contributed by atoms with Crippen LogP contribution in [0.25, 0.3) is 0 Å². The number of amides is 2. The van der Waals surface area contributed by atoms with Gasteiger partial charge in [-0.2, -0.15) is 0 Å². The van der Waals surface area contributed by atoms with Gasteiger partial charge < -0.3 is 29.7 Å². The van der Waals surface area contributed by atoms with Crippen molar-refractivity contribution in [1.82, 2.24) is 10.2 Å². The number of carboxylic acid groups (broad SMARTS) is 1. The zero-order chi connectivity index (χ0) is 30.4. The number of aryl methyl sites for hydroxylation is 1. The average molecular weight is 577 g/mol. The first kappa shape index (κ1) is 29.8. The van der Waals surface area contributed by atoms with Gasteiger partial charge in [0, 0.05) is 43.4 Å². The third-order valence-electron chi connectivity index (χ3n) is 7.14. The molecule has 12 heteroatoms. The Morgan fingerprint density at radius 2 is 1.57 bits per heavy atom. The SMILES string of the molecule is COc1ccc(C(=O)N2CCN(c3ccc(C(=O)NC(CC(=O)O)c4ccc(C)cc4)cc3[N+](=O)[O-])CC2)cc1OC. The van der Waals surface area contributed by atoms with Gasteiger partial charge in [-0.1, -0.05) is 29.8 Å². The number of rotatable bonds is 10. The lowest BCUT2D eigenvalue weighted by molar-refractivity contribution is -0.384. The van der Waals surface area contributed by atoms with Crippen molar-refractivity contribution in [2.75, 3.05) is 45.3 Å². The summed E-state index contributed by atoms with van der Waals surface area (Å²) in [5.74, 6) is -0.958. The Balaban J connectivity index is 1.47. The zero-order valence-electron chi connectivity index (χ0n) is 23.5. The van der Waals surface area contributed by atoms with Crippen molar-refractivity contribution in [1.29, 1.82) is 0 Å². The number of nitrogens with zero attached hydrogens (tertiary/aromatic N) is 3. The number of piperazine rings is 1. The lowest BCUT2D eigenvalue weighted by Gasteiger charge is -2.36. The number of ether oxygens (including phenoxy) is 2. The molecule has 0 aromatic heterocycles. The Kier molecular flexibility index (Phi) is 9.25. The Bertz CT molecular complexity index is 1480. The molecule has 1 saturated heterocycles. The number of carboxylic acids is 1. The Labute approximate surface area is 242 Å². The standard InChI is InChI=1S/C30H32N4O8/c1-19-4-6-20(7-5-19)23(18-28(35)36)31-29(37)21-8-10-24(25(16-21)34(39)40)32-12-14-33(15-13-32)30(38)22-9-11-26(41-2)27(17-22)42-3/h4-11,16-17,23H,12-15,18H2,1-3H3,(H,31,37)(H,35,36). The van der Waals surface area contributed by atoms with Crippen LogP contribution in [0.4, 0.5) is 11.4 Å². The van der Waals surface area contributed by atoms with E-state index < -0.39 is 22.8 Å². The summed E-state index contributed by atoms with van der Waals surface area (Å²) in [6.45, 7) is 3.25. The third-order valence-corrected chi connectivity index (χ3v) is 7.14. The zero-order valence-corrected chi connectivity index (χ0v) is 23.5. The van der Waals surface area contributed by atoms with Gasteiger partial charge in [-0.25, -0.2) is 0 Å². The van der Waals surface area contributed by atoms with Crippen LogP contribution in [0.1, 0.15) is 44.3 Å². The first-order valence-corrected chi connectivity index (χ1v) is 13.2. The van der Waals surface area contributed by atoms with Crippen LogP contribution < -0.4 is 19.7 Å². The summed E-state index contributed by atoms with van der Waals surface area (Å²) in [4.78, 5) is 52.6. The Morgan fingerprint density at radius 1 is 0.929 bits per heavy atom. The minimum Gasteiger partial charge on any atom is -0.493 e. The molecule has 0 aliphatic carbocycles. The molecule has 4 rings (SSSR count). The number of nitro benzene ring substituents is 1. The highest BCUT2D eigenvalue weighted by Gasteiger charge is 2.28. The number of benzene rings is 3. The molecule has 3 aromatic carbocycles. The quantitative estimate of drug-likeness (QED) is 0.271. The fourth-order valence-corrected chi connectivity index (χ4v) is 4.85. The predicted octanol–water partition coefficient (Wildman–Crippen LogP) is 3.83. The maximum absolute atomic E-state index is 13.1. The number of anilines is 1. The molecule has 1 fully saturated rings. The van der Waals surface area contributed by atoms with E-state index >= 15 is 0 Å². The summed E-state index contributed by atoms with van der Waals surface area (Å²) in [5.41, 5.74) is 2.15. The summed E-state index contributed by atoms with van der Waals surface area (Å²) < 4.78 is 10.5.